The van der Waals surface area contributed by atoms with Crippen LogP contribution in [-0.4, -0.2) is 25.6 Å². The SMILES string of the molecule is CN(CC(F)(F)F)c1ccc(C(=N)N)c(Br)c1. The largest absolute Gasteiger partial charge is 0.405 e. The fraction of sp³-hybridized carbons (Fsp3) is 0.300. The van der Waals surface area contributed by atoms with Gasteiger partial charge in [-0.05, 0) is 34.1 Å². The summed E-state index contributed by atoms with van der Waals surface area (Å²) < 4.78 is 37.1. The maximum Gasteiger partial charge on any atom is 0.405 e. The summed E-state index contributed by atoms with van der Waals surface area (Å²) in [5.74, 6) is -0.137. The van der Waals surface area contributed by atoms with E-state index in [2.05, 4.69) is 15.9 Å². The summed E-state index contributed by atoms with van der Waals surface area (Å²) in [5, 5.41) is 7.25. The second-order valence-electron chi connectivity index (χ2n) is 3.55. The fourth-order valence-corrected chi connectivity index (χ4v) is 1.90. The average Bonchev–Trinajstić information content (AvgIpc) is 2.14. The molecule has 1 aromatic carbocycles. The summed E-state index contributed by atoms with van der Waals surface area (Å²) in [4.78, 5) is 1.08. The molecule has 0 saturated carbocycles. The normalized spacial score (nSPS) is 11.4. The van der Waals surface area contributed by atoms with Crippen molar-refractivity contribution in [2.45, 2.75) is 6.18 Å². The highest BCUT2D eigenvalue weighted by Gasteiger charge is 2.29. The highest BCUT2D eigenvalue weighted by atomic mass is 79.9. The minimum Gasteiger partial charge on any atom is -0.384 e. The van der Waals surface area contributed by atoms with Crippen LogP contribution in [0.4, 0.5) is 18.9 Å². The number of rotatable bonds is 3. The molecule has 0 aliphatic rings. The molecule has 0 aliphatic heterocycles. The Kier molecular flexibility index (Phi) is 4.03. The molecule has 0 radical (unpaired) electrons. The lowest BCUT2D eigenvalue weighted by Gasteiger charge is -2.21. The van der Waals surface area contributed by atoms with Crippen LogP contribution in [0.25, 0.3) is 0 Å². The molecule has 3 nitrogen and oxygen atoms in total. The highest BCUT2D eigenvalue weighted by molar-refractivity contribution is 9.10. The molecule has 94 valence electrons. The monoisotopic (exact) mass is 309 g/mol. The zero-order valence-corrected chi connectivity index (χ0v) is 10.6. The van der Waals surface area contributed by atoms with Crippen molar-refractivity contribution in [3.63, 3.8) is 0 Å². The van der Waals surface area contributed by atoms with Crippen LogP contribution in [-0.2, 0) is 0 Å². The number of nitrogen functional groups attached to an aromatic ring is 1. The number of anilines is 1. The van der Waals surface area contributed by atoms with Crippen molar-refractivity contribution in [3.05, 3.63) is 28.2 Å². The molecular weight excluding hydrogens is 299 g/mol. The first-order valence-electron chi connectivity index (χ1n) is 4.62. The smallest absolute Gasteiger partial charge is 0.384 e. The molecule has 0 atom stereocenters. The van der Waals surface area contributed by atoms with E-state index in [1.54, 1.807) is 0 Å². The molecule has 0 spiro atoms. The Morgan fingerprint density at radius 2 is 2.06 bits per heavy atom. The van der Waals surface area contributed by atoms with Gasteiger partial charge in [0.1, 0.15) is 12.4 Å². The van der Waals surface area contributed by atoms with E-state index in [0.717, 1.165) is 4.90 Å². The summed E-state index contributed by atoms with van der Waals surface area (Å²) in [6.07, 6.45) is -4.25. The van der Waals surface area contributed by atoms with E-state index in [9.17, 15) is 13.2 Å². The summed E-state index contributed by atoms with van der Waals surface area (Å²) in [6.45, 7) is -1.03. The predicted octanol–water partition coefficient (Wildman–Crippen LogP) is 2.73. The molecule has 0 fully saturated rings. The van der Waals surface area contributed by atoms with Gasteiger partial charge in [-0.3, -0.25) is 5.41 Å². The molecule has 0 saturated heterocycles. The summed E-state index contributed by atoms with van der Waals surface area (Å²) in [5.41, 5.74) is 6.16. The van der Waals surface area contributed by atoms with Crippen LogP contribution in [0.2, 0.25) is 0 Å². The van der Waals surface area contributed by atoms with Crippen molar-refractivity contribution < 1.29 is 13.2 Å². The van der Waals surface area contributed by atoms with E-state index < -0.39 is 12.7 Å². The van der Waals surface area contributed by atoms with Crippen molar-refractivity contribution >= 4 is 27.5 Å². The average molecular weight is 310 g/mol. The summed E-state index contributed by atoms with van der Waals surface area (Å²) >= 11 is 3.17. The van der Waals surface area contributed by atoms with Gasteiger partial charge in [-0.15, -0.1) is 0 Å². The number of hydrogen-bond donors (Lipinski definition) is 2. The number of amidine groups is 1. The second kappa shape index (κ2) is 4.95. The zero-order chi connectivity index (χ0) is 13.2. The van der Waals surface area contributed by atoms with Crippen LogP contribution in [0, 0.1) is 5.41 Å². The van der Waals surface area contributed by atoms with Gasteiger partial charge in [-0.1, -0.05) is 0 Å². The minimum absolute atomic E-state index is 0.137. The standard InChI is InChI=1S/C10H11BrF3N3/c1-17(5-10(12,13)14)6-2-3-7(9(15)16)8(11)4-6/h2-4H,5H2,1H3,(H3,15,16). The van der Waals surface area contributed by atoms with Crippen molar-refractivity contribution in [3.8, 4) is 0 Å². The van der Waals surface area contributed by atoms with Crippen LogP contribution in [0.1, 0.15) is 5.56 Å². The fourth-order valence-electron chi connectivity index (χ4n) is 1.32. The Bertz CT molecular complexity index is 431. The van der Waals surface area contributed by atoms with Gasteiger partial charge in [-0.2, -0.15) is 13.2 Å². The van der Waals surface area contributed by atoms with Crippen LogP contribution >= 0.6 is 15.9 Å². The van der Waals surface area contributed by atoms with Crippen molar-refractivity contribution in [1.82, 2.24) is 0 Å². The van der Waals surface area contributed by atoms with Gasteiger partial charge < -0.3 is 10.6 Å². The van der Waals surface area contributed by atoms with Crippen molar-refractivity contribution in [2.24, 2.45) is 5.73 Å². The van der Waals surface area contributed by atoms with Gasteiger partial charge in [0.25, 0.3) is 0 Å². The highest BCUT2D eigenvalue weighted by Crippen LogP contribution is 2.25. The van der Waals surface area contributed by atoms with Gasteiger partial charge in [0.05, 0.1) is 0 Å². The number of alkyl halides is 3. The number of nitrogens with zero attached hydrogens (tertiary/aromatic N) is 1. The third-order valence-electron chi connectivity index (χ3n) is 2.10. The molecule has 0 heterocycles. The molecule has 0 unspecified atom stereocenters. The van der Waals surface area contributed by atoms with E-state index in [4.69, 9.17) is 11.1 Å². The lowest BCUT2D eigenvalue weighted by molar-refractivity contribution is -0.119. The number of halogens is 4. The predicted molar refractivity (Wildman–Crippen MR) is 64.5 cm³/mol. The topological polar surface area (TPSA) is 53.1 Å². The first-order chi connectivity index (χ1) is 7.70. The Hall–Kier alpha value is -1.24. The molecule has 1 rings (SSSR count). The second-order valence-corrected chi connectivity index (χ2v) is 4.40. The van der Waals surface area contributed by atoms with E-state index in [0.29, 0.717) is 15.7 Å². The van der Waals surface area contributed by atoms with Crippen molar-refractivity contribution in [2.75, 3.05) is 18.5 Å². The Labute approximate surface area is 105 Å². The summed E-state index contributed by atoms with van der Waals surface area (Å²) in [6, 6.07) is 4.50. The van der Waals surface area contributed by atoms with Crippen LogP contribution in [0.5, 0.6) is 0 Å². The van der Waals surface area contributed by atoms with Gasteiger partial charge >= 0.3 is 6.18 Å². The van der Waals surface area contributed by atoms with Crippen molar-refractivity contribution in [1.29, 1.82) is 5.41 Å². The zero-order valence-electron chi connectivity index (χ0n) is 8.98. The molecular formula is C10H11BrF3N3. The molecule has 17 heavy (non-hydrogen) atoms. The number of hydrogen-bond acceptors (Lipinski definition) is 2. The van der Waals surface area contributed by atoms with Gasteiger partial charge in [0.2, 0.25) is 0 Å². The van der Waals surface area contributed by atoms with Gasteiger partial charge in [-0.25, -0.2) is 0 Å². The molecule has 1 aromatic rings. The lowest BCUT2D eigenvalue weighted by atomic mass is 10.2. The first kappa shape index (κ1) is 13.8. The Balaban J connectivity index is 2.94. The maximum absolute atomic E-state index is 12.2. The van der Waals surface area contributed by atoms with Crippen LogP contribution in [0.15, 0.2) is 22.7 Å². The quantitative estimate of drug-likeness (QED) is 0.666. The third-order valence-corrected chi connectivity index (χ3v) is 2.76. The molecule has 0 bridgehead atoms. The van der Waals surface area contributed by atoms with Gasteiger partial charge in [0.15, 0.2) is 0 Å². The molecule has 0 amide bonds. The first-order valence-corrected chi connectivity index (χ1v) is 5.42. The number of benzene rings is 1. The third kappa shape index (κ3) is 3.92. The van der Waals surface area contributed by atoms with E-state index in [-0.39, 0.29) is 5.84 Å². The van der Waals surface area contributed by atoms with E-state index in [1.807, 2.05) is 0 Å². The minimum atomic E-state index is -4.25. The van der Waals surface area contributed by atoms with Crippen LogP contribution in [0.3, 0.4) is 0 Å². The summed E-state index contributed by atoms with van der Waals surface area (Å²) in [7, 11) is 1.35. The van der Waals surface area contributed by atoms with Gasteiger partial charge in [0, 0.05) is 22.8 Å². The Morgan fingerprint density at radius 3 is 2.47 bits per heavy atom. The maximum atomic E-state index is 12.2. The molecule has 0 aliphatic carbocycles. The molecule has 7 heteroatoms. The van der Waals surface area contributed by atoms with E-state index in [1.165, 1.54) is 25.2 Å². The molecule has 0 aromatic heterocycles. The number of nitrogens with one attached hydrogen (secondary N) is 1. The lowest BCUT2D eigenvalue weighted by Crippen LogP contribution is -2.30. The van der Waals surface area contributed by atoms with E-state index >= 15 is 0 Å². The molecule has 3 N–H and O–H groups in total. The number of nitrogens with two attached hydrogens (primary N) is 1. The van der Waals surface area contributed by atoms with Crippen LogP contribution < -0.4 is 10.6 Å². The Morgan fingerprint density at radius 1 is 1.47 bits per heavy atom.